The molecule has 7 heteroatoms. The third-order valence-electron chi connectivity index (χ3n) is 2.80. The van der Waals surface area contributed by atoms with E-state index in [0.717, 1.165) is 0 Å². The quantitative estimate of drug-likeness (QED) is 0.702. The van der Waals surface area contributed by atoms with Crippen LogP contribution in [0.3, 0.4) is 0 Å². The molecule has 0 aliphatic heterocycles. The Labute approximate surface area is 108 Å². The van der Waals surface area contributed by atoms with Crippen LogP contribution in [-0.2, 0) is 14.1 Å². The highest BCUT2D eigenvalue weighted by atomic mass is 32.1. The third-order valence-corrected chi connectivity index (χ3v) is 2.91. The van der Waals surface area contributed by atoms with E-state index in [4.69, 9.17) is 18.0 Å². The zero-order valence-electron chi connectivity index (χ0n) is 9.93. The van der Waals surface area contributed by atoms with Crippen molar-refractivity contribution < 1.29 is 0 Å². The molecular formula is C11H12N4O2S. The van der Waals surface area contributed by atoms with Crippen LogP contribution in [0.2, 0.25) is 0 Å². The van der Waals surface area contributed by atoms with Gasteiger partial charge >= 0.3 is 0 Å². The van der Waals surface area contributed by atoms with Crippen molar-refractivity contribution in [2.75, 3.05) is 5.32 Å². The van der Waals surface area contributed by atoms with E-state index in [1.807, 2.05) is 0 Å². The topological polar surface area (TPSA) is 82.1 Å². The summed E-state index contributed by atoms with van der Waals surface area (Å²) in [7, 11) is 3.07. The smallest absolute Gasteiger partial charge is 0.275 e. The summed E-state index contributed by atoms with van der Waals surface area (Å²) < 4.78 is 2.50. The van der Waals surface area contributed by atoms with Crippen LogP contribution in [-0.4, -0.2) is 14.5 Å². The van der Waals surface area contributed by atoms with Gasteiger partial charge in [-0.3, -0.25) is 19.0 Å². The molecule has 0 fully saturated rings. The summed E-state index contributed by atoms with van der Waals surface area (Å²) in [4.78, 5) is 24.2. The Hall–Kier alpha value is -2.15. The van der Waals surface area contributed by atoms with Crippen molar-refractivity contribution in [1.82, 2.24) is 9.36 Å². The lowest BCUT2D eigenvalue weighted by Crippen LogP contribution is -2.35. The summed E-state index contributed by atoms with van der Waals surface area (Å²) in [6.07, 6.45) is 0. The Bertz CT molecular complexity index is 760. The highest BCUT2D eigenvalue weighted by Crippen LogP contribution is 2.16. The number of benzene rings is 1. The maximum Gasteiger partial charge on any atom is 0.275 e. The van der Waals surface area contributed by atoms with E-state index in [2.05, 4.69) is 5.32 Å². The molecular weight excluding hydrogens is 252 g/mol. The van der Waals surface area contributed by atoms with Gasteiger partial charge in [0.1, 0.15) is 0 Å². The monoisotopic (exact) mass is 264 g/mol. The minimum Gasteiger partial charge on any atom is -0.376 e. The molecule has 1 aromatic carbocycles. The van der Waals surface area contributed by atoms with Gasteiger partial charge in [0.05, 0.1) is 16.5 Å². The fourth-order valence-electron chi connectivity index (χ4n) is 1.81. The van der Waals surface area contributed by atoms with Gasteiger partial charge in [0, 0.05) is 14.1 Å². The number of hydrogen-bond donors (Lipinski definition) is 2. The molecule has 0 aliphatic rings. The summed E-state index contributed by atoms with van der Waals surface area (Å²) in [5, 5.41) is 3.38. The predicted molar refractivity (Wildman–Crippen MR) is 74.8 cm³/mol. The molecule has 0 spiro atoms. The third kappa shape index (κ3) is 1.78. The maximum absolute atomic E-state index is 12.2. The molecule has 0 amide bonds. The van der Waals surface area contributed by atoms with E-state index in [1.165, 1.54) is 23.5 Å². The lowest BCUT2D eigenvalue weighted by atomic mass is 10.1. The van der Waals surface area contributed by atoms with Crippen LogP contribution in [0.5, 0.6) is 0 Å². The first-order valence-corrected chi connectivity index (χ1v) is 5.59. The number of anilines is 1. The maximum atomic E-state index is 12.2. The molecule has 94 valence electrons. The second kappa shape index (κ2) is 4.26. The van der Waals surface area contributed by atoms with Crippen molar-refractivity contribution in [3.8, 4) is 0 Å². The Kier molecular flexibility index (Phi) is 2.92. The number of nitrogens with one attached hydrogen (secondary N) is 1. The Morgan fingerprint density at radius 1 is 1.22 bits per heavy atom. The molecule has 0 bridgehead atoms. The highest BCUT2D eigenvalue weighted by Gasteiger charge is 2.12. The Morgan fingerprint density at radius 2 is 1.83 bits per heavy atom. The lowest BCUT2D eigenvalue weighted by Gasteiger charge is -2.11. The number of nitrogens with zero attached hydrogens (tertiary/aromatic N) is 2. The standard InChI is InChI=1S/C11H12N4O2S/c1-14-9(16)6-4-3-5-7(13-11(12)18)8(6)10(17)15(14)2/h3-5H,1-2H3,(H3,12,13,18). The predicted octanol–water partition coefficient (Wildman–Crippen LogP) is -0.107. The van der Waals surface area contributed by atoms with Gasteiger partial charge in [-0.1, -0.05) is 6.07 Å². The molecule has 0 unspecified atom stereocenters. The average Bonchev–Trinajstić information content (AvgIpc) is 2.32. The minimum absolute atomic E-state index is 0.0465. The van der Waals surface area contributed by atoms with Crippen LogP contribution in [0.4, 0.5) is 5.69 Å². The van der Waals surface area contributed by atoms with Gasteiger partial charge in [-0.25, -0.2) is 0 Å². The number of rotatable bonds is 1. The molecule has 0 radical (unpaired) electrons. The first-order chi connectivity index (χ1) is 8.43. The summed E-state index contributed by atoms with van der Waals surface area (Å²) in [6, 6.07) is 4.93. The van der Waals surface area contributed by atoms with Crippen LogP contribution < -0.4 is 22.2 Å². The molecule has 0 atom stereocenters. The van der Waals surface area contributed by atoms with Crippen LogP contribution >= 0.6 is 12.2 Å². The van der Waals surface area contributed by atoms with Crippen molar-refractivity contribution in [3.05, 3.63) is 38.9 Å². The summed E-state index contributed by atoms with van der Waals surface area (Å²) in [6.45, 7) is 0. The van der Waals surface area contributed by atoms with E-state index >= 15 is 0 Å². The second-order valence-electron chi connectivity index (χ2n) is 3.87. The van der Waals surface area contributed by atoms with E-state index in [-0.39, 0.29) is 21.6 Å². The summed E-state index contributed by atoms with van der Waals surface area (Å²) in [5.74, 6) is 0. The van der Waals surface area contributed by atoms with E-state index in [1.54, 1.807) is 18.2 Å². The normalized spacial score (nSPS) is 10.6. The minimum atomic E-state index is -0.286. The van der Waals surface area contributed by atoms with Gasteiger partial charge in [0.25, 0.3) is 11.1 Å². The fraction of sp³-hybridized carbons (Fsp3) is 0.182. The van der Waals surface area contributed by atoms with Crippen molar-refractivity contribution in [2.45, 2.75) is 0 Å². The van der Waals surface area contributed by atoms with Crippen LogP contribution in [0.15, 0.2) is 27.8 Å². The van der Waals surface area contributed by atoms with E-state index < -0.39 is 0 Å². The van der Waals surface area contributed by atoms with Gasteiger partial charge in [0.15, 0.2) is 5.11 Å². The molecule has 1 aromatic heterocycles. The van der Waals surface area contributed by atoms with Crippen molar-refractivity contribution in [1.29, 1.82) is 0 Å². The average molecular weight is 264 g/mol. The molecule has 2 aromatic rings. The first kappa shape index (κ1) is 12.3. The lowest BCUT2D eigenvalue weighted by molar-refractivity contribution is 0.543. The zero-order valence-corrected chi connectivity index (χ0v) is 10.7. The van der Waals surface area contributed by atoms with Gasteiger partial charge in [-0.05, 0) is 24.4 Å². The molecule has 18 heavy (non-hydrogen) atoms. The van der Waals surface area contributed by atoms with Crippen LogP contribution in [0, 0.1) is 0 Å². The Morgan fingerprint density at radius 3 is 2.44 bits per heavy atom. The molecule has 0 saturated heterocycles. The summed E-state index contributed by atoms with van der Waals surface area (Å²) >= 11 is 4.75. The van der Waals surface area contributed by atoms with Crippen LogP contribution in [0.25, 0.3) is 10.8 Å². The second-order valence-corrected chi connectivity index (χ2v) is 4.31. The highest BCUT2D eigenvalue weighted by molar-refractivity contribution is 7.80. The number of aromatic nitrogens is 2. The molecule has 1 heterocycles. The number of fused-ring (bicyclic) bond motifs is 1. The number of thiocarbonyl (C=S) groups is 1. The molecule has 3 N–H and O–H groups in total. The molecule has 6 nitrogen and oxygen atoms in total. The van der Waals surface area contributed by atoms with E-state index in [0.29, 0.717) is 11.1 Å². The van der Waals surface area contributed by atoms with Crippen molar-refractivity contribution in [2.24, 2.45) is 19.8 Å². The SMILES string of the molecule is Cn1c(=O)c2cccc(NC(N)=S)c2c(=O)n1C. The molecule has 0 aliphatic carbocycles. The number of nitrogens with two attached hydrogens (primary N) is 1. The van der Waals surface area contributed by atoms with Crippen molar-refractivity contribution in [3.63, 3.8) is 0 Å². The first-order valence-electron chi connectivity index (χ1n) is 5.19. The summed E-state index contributed by atoms with van der Waals surface area (Å²) in [5.41, 5.74) is 5.31. The van der Waals surface area contributed by atoms with E-state index in [9.17, 15) is 9.59 Å². The van der Waals surface area contributed by atoms with Crippen LogP contribution in [0.1, 0.15) is 0 Å². The van der Waals surface area contributed by atoms with Gasteiger partial charge in [0.2, 0.25) is 0 Å². The fourth-order valence-corrected chi connectivity index (χ4v) is 1.92. The number of hydrogen-bond acceptors (Lipinski definition) is 3. The van der Waals surface area contributed by atoms with Crippen molar-refractivity contribution >= 4 is 33.8 Å². The van der Waals surface area contributed by atoms with Gasteiger partial charge in [-0.2, -0.15) is 0 Å². The molecule has 2 rings (SSSR count). The van der Waals surface area contributed by atoms with Gasteiger partial charge < -0.3 is 11.1 Å². The Balaban J connectivity index is 2.98. The zero-order chi connectivity index (χ0) is 13.4. The molecule has 0 saturated carbocycles. The van der Waals surface area contributed by atoms with Gasteiger partial charge in [-0.15, -0.1) is 0 Å². The largest absolute Gasteiger partial charge is 0.376 e.